The molecule has 0 saturated carbocycles. The fourth-order valence-corrected chi connectivity index (χ4v) is 2.58. The predicted molar refractivity (Wildman–Crippen MR) is 75.7 cm³/mol. The molecule has 4 heteroatoms. The lowest BCUT2D eigenvalue weighted by Crippen LogP contribution is -2.27. The first kappa shape index (κ1) is 13.5. The van der Waals surface area contributed by atoms with E-state index < -0.39 is 0 Å². The van der Waals surface area contributed by atoms with Gasteiger partial charge in [0.05, 0.1) is 5.02 Å². The zero-order valence-corrected chi connectivity index (χ0v) is 11.7. The highest BCUT2D eigenvalue weighted by Crippen LogP contribution is 2.15. The van der Waals surface area contributed by atoms with Crippen molar-refractivity contribution in [3.63, 3.8) is 0 Å². The summed E-state index contributed by atoms with van der Waals surface area (Å²) in [6.45, 7) is 2.78. The third kappa shape index (κ3) is 3.80. The van der Waals surface area contributed by atoms with Crippen LogP contribution < -0.4 is 5.32 Å². The topological polar surface area (TPSA) is 12.0 Å². The summed E-state index contributed by atoms with van der Waals surface area (Å²) in [4.78, 5) is 0. The van der Waals surface area contributed by atoms with Crippen LogP contribution in [0.3, 0.4) is 0 Å². The van der Waals surface area contributed by atoms with Gasteiger partial charge in [0.15, 0.2) is 0 Å². The summed E-state index contributed by atoms with van der Waals surface area (Å²) in [6.07, 6.45) is 0.986. The van der Waals surface area contributed by atoms with Crippen LogP contribution in [0.4, 0.5) is 4.39 Å². The number of benzene rings is 1. The highest BCUT2D eigenvalue weighted by Gasteiger charge is 2.05. The van der Waals surface area contributed by atoms with Gasteiger partial charge in [0.25, 0.3) is 0 Å². The van der Waals surface area contributed by atoms with E-state index in [0.29, 0.717) is 12.6 Å². The van der Waals surface area contributed by atoms with E-state index in [1.54, 1.807) is 17.4 Å². The largest absolute Gasteiger partial charge is 0.310 e. The summed E-state index contributed by atoms with van der Waals surface area (Å²) < 4.78 is 13.3. The number of thiophene rings is 1. The molecule has 2 aromatic rings. The van der Waals surface area contributed by atoms with Gasteiger partial charge in [0, 0.05) is 12.6 Å². The van der Waals surface area contributed by atoms with Crippen LogP contribution in [0.15, 0.2) is 35.0 Å². The summed E-state index contributed by atoms with van der Waals surface area (Å²) in [6, 6.07) is 7.41. The Balaban J connectivity index is 1.85. The molecular formula is C14H15ClFNS. The fraction of sp³-hybridized carbons (Fsp3) is 0.286. The molecule has 1 atom stereocenters. The minimum atomic E-state index is -0.360. The Hall–Kier alpha value is -0.900. The van der Waals surface area contributed by atoms with E-state index in [-0.39, 0.29) is 10.8 Å². The number of hydrogen-bond donors (Lipinski definition) is 1. The van der Waals surface area contributed by atoms with Gasteiger partial charge < -0.3 is 5.32 Å². The predicted octanol–water partition coefficient (Wildman–Crippen LogP) is 4.26. The molecule has 0 amide bonds. The molecule has 0 fully saturated rings. The van der Waals surface area contributed by atoms with Gasteiger partial charge in [-0.2, -0.15) is 11.3 Å². The van der Waals surface area contributed by atoms with Crippen molar-refractivity contribution in [2.45, 2.75) is 25.9 Å². The zero-order valence-electron chi connectivity index (χ0n) is 10.1. The number of rotatable bonds is 5. The SMILES string of the molecule is CC(Cc1ccsc1)NCc1ccc(Cl)c(F)c1. The van der Waals surface area contributed by atoms with Gasteiger partial charge in [-0.15, -0.1) is 0 Å². The highest BCUT2D eigenvalue weighted by molar-refractivity contribution is 7.07. The highest BCUT2D eigenvalue weighted by atomic mass is 35.5. The quantitative estimate of drug-likeness (QED) is 0.864. The Bertz CT molecular complexity index is 499. The van der Waals surface area contributed by atoms with Gasteiger partial charge in [-0.3, -0.25) is 0 Å². The van der Waals surface area contributed by atoms with Crippen LogP contribution in [0.1, 0.15) is 18.1 Å². The van der Waals surface area contributed by atoms with Crippen LogP contribution in [-0.4, -0.2) is 6.04 Å². The molecule has 0 radical (unpaired) electrons. The van der Waals surface area contributed by atoms with Crippen molar-refractivity contribution in [3.05, 3.63) is 57.0 Å². The van der Waals surface area contributed by atoms with Gasteiger partial charge in [-0.05, 0) is 53.4 Å². The molecule has 0 aliphatic heterocycles. The molecule has 1 nitrogen and oxygen atoms in total. The van der Waals surface area contributed by atoms with Gasteiger partial charge in [-0.25, -0.2) is 4.39 Å². The Labute approximate surface area is 116 Å². The Kier molecular flexibility index (Phi) is 4.75. The van der Waals surface area contributed by atoms with Crippen molar-refractivity contribution >= 4 is 22.9 Å². The second-order valence-electron chi connectivity index (χ2n) is 4.37. The molecule has 0 aliphatic rings. The summed E-state index contributed by atoms with van der Waals surface area (Å²) >= 11 is 7.35. The Morgan fingerprint density at radius 1 is 1.33 bits per heavy atom. The van der Waals surface area contributed by atoms with Gasteiger partial charge in [0.1, 0.15) is 5.82 Å². The second kappa shape index (κ2) is 6.32. The molecule has 1 N–H and O–H groups in total. The fourth-order valence-electron chi connectivity index (χ4n) is 1.78. The van der Waals surface area contributed by atoms with E-state index in [4.69, 9.17) is 11.6 Å². The van der Waals surface area contributed by atoms with Crippen LogP contribution in [-0.2, 0) is 13.0 Å². The van der Waals surface area contributed by atoms with Crippen LogP contribution in [0, 0.1) is 5.82 Å². The molecule has 2 rings (SSSR count). The number of nitrogens with one attached hydrogen (secondary N) is 1. The first-order valence-electron chi connectivity index (χ1n) is 5.83. The first-order valence-corrected chi connectivity index (χ1v) is 7.15. The minimum Gasteiger partial charge on any atom is -0.310 e. The van der Waals surface area contributed by atoms with Crippen LogP contribution in [0.5, 0.6) is 0 Å². The smallest absolute Gasteiger partial charge is 0.142 e. The van der Waals surface area contributed by atoms with E-state index in [0.717, 1.165) is 12.0 Å². The molecule has 1 unspecified atom stereocenters. The van der Waals surface area contributed by atoms with Crippen molar-refractivity contribution in [2.24, 2.45) is 0 Å². The maximum atomic E-state index is 13.3. The molecule has 1 heterocycles. The first-order chi connectivity index (χ1) is 8.65. The normalized spacial score (nSPS) is 12.6. The lowest BCUT2D eigenvalue weighted by atomic mass is 10.1. The maximum Gasteiger partial charge on any atom is 0.142 e. The van der Waals surface area contributed by atoms with E-state index in [9.17, 15) is 4.39 Å². The minimum absolute atomic E-state index is 0.171. The average molecular weight is 284 g/mol. The van der Waals surface area contributed by atoms with Gasteiger partial charge in [-0.1, -0.05) is 17.7 Å². The van der Waals surface area contributed by atoms with E-state index in [1.807, 2.05) is 6.07 Å². The van der Waals surface area contributed by atoms with E-state index in [1.165, 1.54) is 11.6 Å². The van der Waals surface area contributed by atoms with E-state index >= 15 is 0 Å². The second-order valence-corrected chi connectivity index (χ2v) is 5.55. The van der Waals surface area contributed by atoms with Gasteiger partial charge in [0.2, 0.25) is 0 Å². The van der Waals surface area contributed by atoms with Crippen molar-refractivity contribution in [3.8, 4) is 0 Å². The molecule has 96 valence electrons. The summed E-state index contributed by atoms with van der Waals surface area (Å²) in [5.41, 5.74) is 2.25. The number of halogens is 2. The Morgan fingerprint density at radius 3 is 2.83 bits per heavy atom. The van der Waals surface area contributed by atoms with Crippen LogP contribution >= 0.6 is 22.9 Å². The third-order valence-corrected chi connectivity index (χ3v) is 3.80. The summed E-state index contributed by atoms with van der Waals surface area (Å²) in [5.74, 6) is -0.360. The van der Waals surface area contributed by atoms with Gasteiger partial charge >= 0.3 is 0 Å². The molecule has 1 aromatic carbocycles. The third-order valence-electron chi connectivity index (χ3n) is 2.76. The number of hydrogen-bond acceptors (Lipinski definition) is 2. The maximum absolute atomic E-state index is 13.3. The summed E-state index contributed by atoms with van der Waals surface area (Å²) in [7, 11) is 0. The van der Waals surface area contributed by atoms with Crippen molar-refractivity contribution in [1.29, 1.82) is 0 Å². The van der Waals surface area contributed by atoms with Crippen LogP contribution in [0.2, 0.25) is 5.02 Å². The molecule has 1 aromatic heterocycles. The molecule has 0 saturated heterocycles. The van der Waals surface area contributed by atoms with Crippen molar-refractivity contribution < 1.29 is 4.39 Å². The lowest BCUT2D eigenvalue weighted by Gasteiger charge is -2.13. The van der Waals surface area contributed by atoms with Crippen LogP contribution in [0.25, 0.3) is 0 Å². The van der Waals surface area contributed by atoms with Crippen molar-refractivity contribution in [2.75, 3.05) is 0 Å². The van der Waals surface area contributed by atoms with Crippen molar-refractivity contribution in [1.82, 2.24) is 5.32 Å². The standard InChI is InChI=1S/C14H15ClFNS/c1-10(6-12-4-5-18-9-12)17-8-11-2-3-13(15)14(16)7-11/h2-5,7,9-10,17H,6,8H2,1H3. The Morgan fingerprint density at radius 2 is 2.17 bits per heavy atom. The molecule has 0 aliphatic carbocycles. The zero-order chi connectivity index (χ0) is 13.0. The van der Waals surface area contributed by atoms with E-state index in [2.05, 4.69) is 29.1 Å². The lowest BCUT2D eigenvalue weighted by molar-refractivity contribution is 0.543. The molecule has 0 spiro atoms. The average Bonchev–Trinajstić information content (AvgIpc) is 2.83. The molecule has 0 bridgehead atoms. The molecular weight excluding hydrogens is 269 g/mol. The molecule has 18 heavy (non-hydrogen) atoms. The summed E-state index contributed by atoms with van der Waals surface area (Å²) in [5, 5.41) is 7.78. The monoisotopic (exact) mass is 283 g/mol.